The minimum Gasteiger partial charge on any atom is -0.444 e. The molecule has 2 heterocycles. The first-order chi connectivity index (χ1) is 9.78. The molecule has 2 atom stereocenters. The summed E-state index contributed by atoms with van der Waals surface area (Å²) in [6.45, 7) is 4.70. The van der Waals surface area contributed by atoms with Crippen LogP contribution in [0.25, 0.3) is 0 Å². The maximum absolute atomic E-state index is 9.77. The van der Waals surface area contributed by atoms with Crippen molar-refractivity contribution in [3.05, 3.63) is 17.8 Å². The molecule has 0 amide bonds. The number of nitrogens with one attached hydrogen (secondary N) is 1. The molecular weight excluding hydrogens is 260 g/mol. The summed E-state index contributed by atoms with van der Waals surface area (Å²) in [4.78, 5) is 4.14. The van der Waals surface area contributed by atoms with Gasteiger partial charge in [0.15, 0.2) is 0 Å². The van der Waals surface area contributed by atoms with Crippen LogP contribution in [0, 0.1) is 0 Å². The average molecular weight is 284 g/mol. The average Bonchev–Trinajstić information content (AvgIpc) is 3.10. The van der Waals surface area contributed by atoms with E-state index in [1.807, 2.05) is 6.92 Å². The summed E-state index contributed by atoms with van der Waals surface area (Å²) in [5, 5.41) is 12.9. The standard InChI is InChI=1S/C14H24N2O4/c1-2-12-7-16-14(20-12)8-15-6-11(17)9-18-10-13-4-3-5-19-13/h7,11,13,15,17H,2-6,8-10H2,1H3. The number of nitrogens with zero attached hydrogens (tertiary/aromatic N) is 1. The number of aromatic nitrogens is 1. The highest BCUT2D eigenvalue weighted by molar-refractivity contribution is 4.93. The Morgan fingerprint density at radius 1 is 1.60 bits per heavy atom. The molecule has 2 rings (SSSR count). The monoisotopic (exact) mass is 284 g/mol. The quantitative estimate of drug-likeness (QED) is 0.701. The summed E-state index contributed by atoms with van der Waals surface area (Å²) in [6.07, 6.45) is 4.41. The first-order valence-corrected chi connectivity index (χ1v) is 7.29. The van der Waals surface area contributed by atoms with Crippen LogP contribution in [0.15, 0.2) is 10.6 Å². The van der Waals surface area contributed by atoms with Gasteiger partial charge in [0.05, 0.1) is 38.2 Å². The number of rotatable bonds is 9. The second kappa shape index (κ2) is 8.36. The Bertz CT molecular complexity index is 377. The fourth-order valence-electron chi connectivity index (χ4n) is 2.11. The highest BCUT2D eigenvalue weighted by Gasteiger charge is 2.16. The maximum atomic E-state index is 9.77. The molecule has 1 aromatic heterocycles. The van der Waals surface area contributed by atoms with Crippen molar-refractivity contribution in [3.8, 4) is 0 Å². The molecule has 1 aromatic rings. The summed E-state index contributed by atoms with van der Waals surface area (Å²) >= 11 is 0. The molecule has 0 aliphatic carbocycles. The molecule has 0 aromatic carbocycles. The third-order valence-corrected chi connectivity index (χ3v) is 3.24. The second-order valence-corrected chi connectivity index (χ2v) is 5.03. The highest BCUT2D eigenvalue weighted by atomic mass is 16.5. The van der Waals surface area contributed by atoms with Crippen LogP contribution in [0.3, 0.4) is 0 Å². The summed E-state index contributed by atoms with van der Waals surface area (Å²) in [7, 11) is 0. The van der Waals surface area contributed by atoms with E-state index in [1.165, 1.54) is 0 Å². The largest absolute Gasteiger partial charge is 0.444 e. The topological polar surface area (TPSA) is 76.8 Å². The molecule has 6 heteroatoms. The minimum absolute atomic E-state index is 0.204. The molecule has 1 aliphatic rings. The third-order valence-electron chi connectivity index (χ3n) is 3.24. The van der Waals surface area contributed by atoms with Gasteiger partial charge >= 0.3 is 0 Å². The van der Waals surface area contributed by atoms with E-state index in [9.17, 15) is 5.11 Å². The molecular formula is C14H24N2O4. The van der Waals surface area contributed by atoms with E-state index in [1.54, 1.807) is 6.20 Å². The SMILES string of the molecule is CCc1cnc(CNCC(O)COCC2CCCO2)o1. The van der Waals surface area contributed by atoms with Gasteiger partial charge in [-0.15, -0.1) is 0 Å². The Balaban J connectivity index is 1.52. The minimum atomic E-state index is -0.531. The Labute approximate surface area is 119 Å². The van der Waals surface area contributed by atoms with Gasteiger partial charge in [-0.05, 0) is 12.8 Å². The van der Waals surface area contributed by atoms with Crippen molar-refractivity contribution in [2.24, 2.45) is 0 Å². The molecule has 0 spiro atoms. The van der Waals surface area contributed by atoms with Gasteiger partial charge in [-0.3, -0.25) is 0 Å². The van der Waals surface area contributed by atoms with E-state index >= 15 is 0 Å². The zero-order valence-electron chi connectivity index (χ0n) is 12.0. The van der Waals surface area contributed by atoms with Crippen molar-refractivity contribution < 1.29 is 19.0 Å². The number of aliphatic hydroxyl groups is 1. The van der Waals surface area contributed by atoms with Crippen molar-refractivity contribution in [2.45, 2.75) is 44.9 Å². The number of ether oxygens (including phenoxy) is 2. The van der Waals surface area contributed by atoms with E-state index in [4.69, 9.17) is 13.9 Å². The van der Waals surface area contributed by atoms with E-state index in [0.717, 1.165) is 31.6 Å². The highest BCUT2D eigenvalue weighted by Crippen LogP contribution is 2.11. The van der Waals surface area contributed by atoms with E-state index in [2.05, 4.69) is 10.3 Å². The summed E-state index contributed by atoms with van der Waals surface area (Å²) in [6, 6.07) is 0. The Morgan fingerprint density at radius 3 is 3.20 bits per heavy atom. The van der Waals surface area contributed by atoms with Crippen molar-refractivity contribution in [2.75, 3.05) is 26.4 Å². The van der Waals surface area contributed by atoms with Gasteiger partial charge in [0, 0.05) is 19.6 Å². The summed E-state index contributed by atoms with van der Waals surface area (Å²) in [5.41, 5.74) is 0. The first-order valence-electron chi connectivity index (χ1n) is 7.29. The van der Waals surface area contributed by atoms with E-state index < -0.39 is 6.10 Å². The molecule has 0 bridgehead atoms. The number of hydrogen-bond acceptors (Lipinski definition) is 6. The van der Waals surface area contributed by atoms with Crippen LogP contribution in [0.2, 0.25) is 0 Å². The zero-order chi connectivity index (χ0) is 14.2. The molecule has 1 aliphatic heterocycles. The molecule has 2 unspecified atom stereocenters. The number of aliphatic hydroxyl groups excluding tert-OH is 1. The molecule has 1 saturated heterocycles. The van der Waals surface area contributed by atoms with Crippen molar-refractivity contribution in [3.63, 3.8) is 0 Å². The number of oxazole rings is 1. The second-order valence-electron chi connectivity index (χ2n) is 5.03. The lowest BCUT2D eigenvalue weighted by Gasteiger charge is -2.14. The van der Waals surface area contributed by atoms with Gasteiger partial charge in [-0.2, -0.15) is 0 Å². The van der Waals surface area contributed by atoms with E-state index in [-0.39, 0.29) is 6.10 Å². The lowest BCUT2D eigenvalue weighted by atomic mass is 10.2. The molecule has 0 saturated carbocycles. The Morgan fingerprint density at radius 2 is 2.50 bits per heavy atom. The van der Waals surface area contributed by atoms with Crippen LogP contribution in [0.4, 0.5) is 0 Å². The first kappa shape index (κ1) is 15.4. The van der Waals surface area contributed by atoms with Crippen LogP contribution < -0.4 is 5.32 Å². The Kier molecular flexibility index (Phi) is 6.46. The van der Waals surface area contributed by atoms with Crippen molar-refractivity contribution in [1.29, 1.82) is 0 Å². The van der Waals surface area contributed by atoms with Crippen LogP contribution in [0.5, 0.6) is 0 Å². The van der Waals surface area contributed by atoms with Crippen molar-refractivity contribution >= 4 is 0 Å². The molecule has 20 heavy (non-hydrogen) atoms. The summed E-state index contributed by atoms with van der Waals surface area (Å²) < 4.78 is 16.4. The normalized spacial score (nSPS) is 20.4. The molecule has 2 N–H and O–H groups in total. The number of aryl methyl sites for hydroxylation is 1. The van der Waals surface area contributed by atoms with Crippen LogP contribution in [0.1, 0.15) is 31.4 Å². The predicted molar refractivity (Wildman–Crippen MR) is 73.4 cm³/mol. The van der Waals surface area contributed by atoms with Gasteiger partial charge in [0.2, 0.25) is 5.89 Å². The molecule has 6 nitrogen and oxygen atoms in total. The third kappa shape index (κ3) is 5.20. The molecule has 114 valence electrons. The molecule has 1 fully saturated rings. The smallest absolute Gasteiger partial charge is 0.208 e. The van der Waals surface area contributed by atoms with Crippen molar-refractivity contribution in [1.82, 2.24) is 10.3 Å². The fourth-order valence-corrected chi connectivity index (χ4v) is 2.11. The van der Waals surface area contributed by atoms with Crippen LogP contribution in [-0.4, -0.2) is 48.7 Å². The lowest BCUT2D eigenvalue weighted by molar-refractivity contribution is -0.0165. The van der Waals surface area contributed by atoms with Gasteiger partial charge in [0.1, 0.15) is 5.76 Å². The van der Waals surface area contributed by atoms with Gasteiger partial charge in [-0.25, -0.2) is 4.98 Å². The van der Waals surface area contributed by atoms with Gasteiger partial charge in [0.25, 0.3) is 0 Å². The summed E-state index contributed by atoms with van der Waals surface area (Å²) in [5.74, 6) is 1.52. The lowest BCUT2D eigenvalue weighted by Crippen LogP contribution is -2.31. The molecule has 0 radical (unpaired) electrons. The van der Waals surface area contributed by atoms with Gasteiger partial charge < -0.3 is 24.3 Å². The Hall–Kier alpha value is -0.950. The fraction of sp³-hybridized carbons (Fsp3) is 0.786. The number of hydrogen-bond donors (Lipinski definition) is 2. The maximum Gasteiger partial charge on any atom is 0.208 e. The zero-order valence-corrected chi connectivity index (χ0v) is 12.0. The van der Waals surface area contributed by atoms with Crippen LogP contribution >= 0.6 is 0 Å². The van der Waals surface area contributed by atoms with E-state index in [0.29, 0.717) is 32.2 Å². The van der Waals surface area contributed by atoms with Crippen LogP contribution in [-0.2, 0) is 22.4 Å². The van der Waals surface area contributed by atoms with Gasteiger partial charge in [-0.1, -0.05) is 6.92 Å². The predicted octanol–water partition coefficient (Wildman–Crippen LogP) is 0.883.